The van der Waals surface area contributed by atoms with Crippen LogP contribution in [-0.2, 0) is 0 Å². The van der Waals surface area contributed by atoms with Crippen LogP contribution in [0.3, 0.4) is 0 Å². The van der Waals surface area contributed by atoms with Crippen molar-refractivity contribution in [3.63, 3.8) is 0 Å². The van der Waals surface area contributed by atoms with Gasteiger partial charge in [-0.3, -0.25) is 4.79 Å². The summed E-state index contributed by atoms with van der Waals surface area (Å²) in [6.07, 6.45) is 2.06. The Bertz CT molecular complexity index is 1040. The second-order valence-corrected chi connectivity index (χ2v) is 7.03. The van der Waals surface area contributed by atoms with Crippen LogP contribution in [0.4, 0.5) is 19.0 Å². The third-order valence-corrected chi connectivity index (χ3v) is 4.73. The number of halogens is 3. The van der Waals surface area contributed by atoms with Crippen molar-refractivity contribution in [1.29, 1.82) is 5.41 Å². The molecule has 6 N–H and O–H groups in total. The van der Waals surface area contributed by atoms with Gasteiger partial charge in [0, 0.05) is 31.9 Å². The number of carbonyl (C=O) groups excluding carboxylic acids is 1. The van der Waals surface area contributed by atoms with Crippen molar-refractivity contribution in [2.24, 2.45) is 0 Å². The monoisotopic (exact) mass is 448 g/mol. The highest BCUT2D eigenvalue weighted by Gasteiger charge is 2.35. The van der Waals surface area contributed by atoms with E-state index >= 15 is 0 Å². The predicted octanol–water partition coefficient (Wildman–Crippen LogP) is 1.17. The molecule has 1 fully saturated rings. The van der Waals surface area contributed by atoms with Gasteiger partial charge in [0.25, 0.3) is 11.8 Å². The molecule has 0 unspecified atom stereocenters. The SMILES string of the molecule is CN/C(=C(\C=N)NC(=O)c1nc(-c2ccccc2F)cnc1N)N1CCNCC(F)(F)C1. The van der Waals surface area contributed by atoms with E-state index < -0.39 is 30.7 Å². The Morgan fingerprint density at radius 1 is 1.38 bits per heavy atom. The van der Waals surface area contributed by atoms with Crippen LogP contribution in [0, 0.1) is 11.2 Å². The number of alkyl halides is 2. The zero-order valence-corrected chi connectivity index (χ0v) is 17.3. The first-order chi connectivity index (χ1) is 15.3. The first kappa shape index (κ1) is 23.0. The van der Waals surface area contributed by atoms with Crippen molar-refractivity contribution < 1.29 is 18.0 Å². The van der Waals surface area contributed by atoms with Crippen LogP contribution in [0.25, 0.3) is 11.3 Å². The maximum atomic E-state index is 14.1. The number of hydrogen-bond donors (Lipinski definition) is 5. The van der Waals surface area contributed by atoms with Crippen molar-refractivity contribution in [3.05, 3.63) is 53.5 Å². The molecular formula is C20H23F3N8O. The summed E-state index contributed by atoms with van der Waals surface area (Å²) in [5.74, 6) is -4.44. The average molecular weight is 448 g/mol. The molecule has 0 radical (unpaired) electrons. The average Bonchev–Trinajstić information content (AvgIpc) is 2.94. The molecular weight excluding hydrogens is 425 g/mol. The summed E-state index contributed by atoms with van der Waals surface area (Å²) < 4.78 is 42.2. The van der Waals surface area contributed by atoms with Crippen molar-refractivity contribution in [2.75, 3.05) is 39.0 Å². The lowest BCUT2D eigenvalue weighted by Crippen LogP contribution is -2.43. The van der Waals surface area contributed by atoms with Gasteiger partial charge in [0.1, 0.15) is 11.6 Å². The fourth-order valence-corrected chi connectivity index (χ4v) is 3.26. The minimum Gasteiger partial charge on any atom is -0.382 e. The standard InChI is InChI=1S/C20H23F3N8O/c1-26-18(31-7-6-27-10-20(22,23)11-31)14(8-24)30-19(32)16-17(25)28-9-15(29-16)12-4-2-3-5-13(12)21/h2-5,8-9,24,26-27H,6-7,10-11H2,1H3,(H2,25,28)(H,30,32)/b18-14-,24-8?. The minimum atomic E-state index is -3.00. The van der Waals surface area contributed by atoms with Crippen molar-refractivity contribution in [1.82, 2.24) is 30.8 Å². The molecule has 9 nitrogen and oxygen atoms in total. The predicted molar refractivity (Wildman–Crippen MR) is 114 cm³/mol. The zero-order valence-electron chi connectivity index (χ0n) is 17.3. The Kier molecular flexibility index (Phi) is 6.93. The topological polar surface area (TPSA) is 132 Å². The molecule has 1 saturated heterocycles. The molecule has 170 valence electrons. The van der Waals surface area contributed by atoms with Crippen LogP contribution < -0.4 is 21.7 Å². The Labute approximate surface area is 182 Å². The molecule has 2 aromatic rings. The van der Waals surface area contributed by atoms with Crippen LogP contribution in [0.1, 0.15) is 10.5 Å². The first-order valence-electron chi connectivity index (χ1n) is 9.70. The van der Waals surface area contributed by atoms with Gasteiger partial charge in [-0.2, -0.15) is 0 Å². The second-order valence-electron chi connectivity index (χ2n) is 7.03. The van der Waals surface area contributed by atoms with Crippen LogP contribution >= 0.6 is 0 Å². The van der Waals surface area contributed by atoms with Gasteiger partial charge in [0.15, 0.2) is 11.5 Å². The molecule has 1 aliphatic heterocycles. The number of aromatic nitrogens is 2. The van der Waals surface area contributed by atoms with E-state index in [1.807, 2.05) is 0 Å². The van der Waals surface area contributed by atoms with Crippen LogP contribution in [0.15, 0.2) is 42.0 Å². The number of nitrogens with one attached hydrogen (secondary N) is 4. The van der Waals surface area contributed by atoms with E-state index in [0.29, 0.717) is 6.54 Å². The number of nitrogens with zero attached hydrogens (tertiary/aromatic N) is 3. The number of anilines is 1. The van der Waals surface area contributed by atoms with Gasteiger partial charge in [-0.05, 0) is 12.1 Å². The maximum Gasteiger partial charge on any atom is 0.278 e. The first-order valence-corrected chi connectivity index (χ1v) is 9.70. The van der Waals surface area contributed by atoms with Crippen LogP contribution in [0.5, 0.6) is 0 Å². The molecule has 0 aliphatic carbocycles. The Hall–Kier alpha value is -3.67. The normalized spacial score (nSPS) is 16.6. The lowest BCUT2D eigenvalue weighted by atomic mass is 10.1. The summed E-state index contributed by atoms with van der Waals surface area (Å²) in [5, 5.41) is 15.6. The molecule has 12 heteroatoms. The van der Waals surface area contributed by atoms with E-state index in [1.165, 1.54) is 36.3 Å². The van der Waals surface area contributed by atoms with Crippen molar-refractivity contribution >= 4 is 17.9 Å². The Morgan fingerprint density at radius 2 is 2.12 bits per heavy atom. The fourth-order valence-electron chi connectivity index (χ4n) is 3.26. The molecule has 32 heavy (non-hydrogen) atoms. The summed E-state index contributed by atoms with van der Waals surface area (Å²) in [6, 6.07) is 5.84. The molecule has 0 bridgehead atoms. The lowest BCUT2D eigenvalue weighted by molar-refractivity contribution is -0.0129. The highest BCUT2D eigenvalue weighted by molar-refractivity contribution is 6.00. The summed E-state index contributed by atoms with van der Waals surface area (Å²) in [5.41, 5.74) is 5.67. The van der Waals surface area contributed by atoms with Gasteiger partial charge in [0.05, 0.1) is 30.7 Å². The molecule has 2 heterocycles. The lowest BCUT2D eigenvalue weighted by Gasteiger charge is -2.29. The van der Waals surface area contributed by atoms with Gasteiger partial charge in [-0.25, -0.2) is 23.1 Å². The minimum absolute atomic E-state index is 0.0623. The van der Waals surface area contributed by atoms with E-state index in [4.69, 9.17) is 11.1 Å². The number of carbonyl (C=O) groups is 1. The number of nitrogen functional groups attached to an aromatic ring is 1. The third-order valence-electron chi connectivity index (χ3n) is 4.73. The van der Waals surface area contributed by atoms with Gasteiger partial charge in [0.2, 0.25) is 0 Å². The second kappa shape index (κ2) is 9.64. The van der Waals surface area contributed by atoms with Gasteiger partial charge in [-0.15, -0.1) is 0 Å². The number of benzene rings is 1. The molecule has 1 aliphatic rings. The molecule has 1 amide bonds. The van der Waals surface area contributed by atoms with E-state index in [0.717, 1.165) is 6.21 Å². The molecule has 0 atom stereocenters. The van der Waals surface area contributed by atoms with Crippen molar-refractivity contribution in [2.45, 2.75) is 5.92 Å². The van der Waals surface area contributed by atoms with E-state index in [1.54, 1.807) is 6.07 Å². The van der Waals surface area contributed by atoms with E-state index in [-0.39, 0.29) is 40.8 Å². The number of nitrogens with two attached hydrogens (primary N) is 1. The summed E-state index contributed by atoms with van der Waals surface area (Å²) in [7, 11) is 1.49. The highest BCUT2D eigenvalue weighted by atomic mass is 19.3. The largest absolute Gasteiger partial charge is 0.382 e. The molecule has 1 aromatic carbocycles. The fraction of sp³-hybridized carbons (Fsp3) is 0.300. The van der Waals surface area contributed by atoms with Gasteiger partial charge >= 0.3 is 0 Å². The summed E-state index contributed by atoms with van der Waals surface area (Å²) >= 11 is 0. The summed E-state index contributed by atoms with van der Waals surface area (Å²) in [4.78, 5) is 22.3. The number of hydrogen-bond acceptors (Lipinski definition) is 8. The van der Waals surface area contributed by atoms with Crippen molar-refractivity contribution in [3.8, 4) is 11.3 Å². The smallest absolute Gasteiger partial charge is 0.278 e. The molecule has 0 spiro atoms. The van der Waals surface area contributed by atoms with E-state index in [9.17, 15) is 18.0 Å². The number of amides is 1. The van der Waals surface area contributed by atoms with Gasteiger partial charge in [-0.1, -0.05) is 12.1 Å². The zero-order chi connectivity index (χ0) is 23.3. The maximum absolute atomic E-state index is 14.1. The van der Waals surface area contributed by atoms with Crippen LogP contribution in [-0.4, -0.2) is 66.1 Å². The third kappa shape index (κ3) is 5.14. The number of rotatable bonds is 6. The number of allylic oxidation sites excluding steroid dienone is 1. The van der Waals surface area contributed by atoms with Crippen LogP contribution in [0.2, 0.25) is 0 Å². The Balaban J connectivity index is 1.92. The quantitative estimate of drug-likeness (QED) is 0.419. The molecule has 1 aromatic heterocycles. The summed E-state index contributed by atoms with van der Waals surface area (Å²) in [6.45, 7) is -0.553. The van der Waals surface area contributed by atoms with Gasteiger partial charge < -0.3 is 32.0 Å². The van der Waals surface area contributed by atoms with E-state index in [2.05, 4.69) is 25.9 Å². The molecule has 0 saturated carbocycles. The molecule has 3 rings (SSSR count). The highest BCUT2D eigenvalue weighted by Crippen LogP contribution is 2.22. The Morgan fingerprint density at radius 3 is 2.81 bits per heavy atom.